The van der Waals surface area contributed by atoms with Crippen LogP contribution in [0.3, 0.4) is 0 Å². The van der Waals surface area contributed by atoms with Gasteiger partial charge in [0.05, 0.1) is 5.69 Å². The van der Waals surface area contributed by atoms with Crippen LogP contribution >= 0.6 is 0 Å². The molecule has 0 saturated carbocycles. The van der Waals surface area contributed by atoms with Crippen molar-refractivity contribution in [1.82, 2.24) is 15.0 Å². The van der Waals surface area contributed by atoms with Crippen molar-refractivity contribution in [3.8, 4) is 5.75 Å². The maximum Gasteiger partial charge on any atom is 0.236 e. The van der Waals surface area contributed by atoms with Crippen molar-refractivity contribution >= 4 is 29.3 Å². The summed E-state index contributed by atoms with van der Waals surface area (Å²) in [6.07, 6.45) is 3.18. The molecule has 27 heavy (non-hydrogen) atoms. The predicted octanol–water partition coefficient (Wildman–Crippen LogP) is 2.66. The lowest BCUT2D eigenvalue weighted by Crippen LogP contribution is -2.23. The molecule has 0 saturated heterocycles. The van der Waals surface area contributed by atoms with Crippen molar-refractivity contribution in [3.05, 3.63) is 36.4 Å². The Hall–Kier alpha value is -3.16. The maximum atomic E-state index is 11.7. The number of anilines is 4. The molecule has 0 atom stereocenters. The summed E-state index contributed by atoms with van der Waals surface area (Å²) >= 11 is 0. The van der Waals surface area contributed by atoms with E-state index in [4.69, 9.17) is 4.74 Å². The van der Waals surface area contributed by atoms with Gasteiger partial charge in [-0.1, -0.05) is 18.2 Å². The van der Waals surface area contributed by atoms with Crippen LogP contribution < -0.4 is 19.9 Å². The number of aromatic nitrogens is 3. The molecule has 8 nitrogen and oxygen atoms in total. The predicted molar refractivity (Wildman–Crippen MR) is 108 cm³/mol. The molecule has 0 unspecified atom stereocenters. The molecule has 1 aromatic carbocycles. The average molecular weight is 370 g/mol. The highest BCUT2D eigenvalue weighted by Crippen LogP contribution is 2.31. The second kappa shape index (κ2) is 9.51. The number of hydrogen-bond donors (Lipinski definition) is 1. The van der Waals surface area contributed by atoms with Crippen LogP contribution in [0.4, 0.5) is 23.5 Å². The van der Waals surface area contributed by atoms with Crippen molar-refractivity contribution in [2.24, 2.45) is 0 Å². The zero-order valence-electron chi connectivity index (χ0n) is 16.4. The zero-order chi connectivity index (χ0) is 19.8. The average Bonchev–Trinajstić information content (AvgIpc) is 2.71. The summed E-state index contributed by atoms with van der Waals surface area (Å²) in [7, 11) is 5.53. The molecule has 0 spiro atoms. The highest BCUT2D eigenvalue weighted by Gasteiger charge is 2.16. The summed E-state index contributed by atoms with van der Waals surface area (Å²) in [6.45, 7) is 4.56. The lowest BCUT2D eigenvalue weighted by Gasteiger charge is -2.22. The van der Waals surface area contributed by atoms with Crippen LogP contribution in [-0.2, 0) is 4.79 Å². The standard InChI is InChI=1S/C19H26N6O2/c1-6-10-14(26)13-27-16-12-9-8-11-15(16)25(5)19-22-17(20-3)21-18(23-19)24(4)7-2/h6,8-12H,7,13H2,1-5H3,(H,20,21,22,23)/b10-6-. The fourth-order valence-electron chi connectivity index (χ4n) is 2.27. The molecule has 0 amide bonds. The molecular weight excluding hydrogens is 344 g/mol. The molecule has 0 aliphatic carbocycles. The van der Waals surface area contributed by atoms with Gasteiger partial charge >= 0.3 is 0 Å². The summed E-state index contributed by atoms with van der Waals surface area (Å²) in [5.74, 6) is 2.00. The molecule has 1 aromatic heterocycles. The molecule has 2 aromatic rings. The van der Waals surface area contributed by atoms with E-state index in [1.807, 2.05) is 55.1 Å². The quantitative estimate of drug-likeness (QED) is 0.675. The van der Waals surface area contributed by atoms with Crippen LogP contribution in [-0.4, -0.2) is 55.0 Å². The number of nitrogens with one attached hydrogen (secondary N) is 1. The molecule has 0 aliphatic heterocycles. The van der Waals surface area contributed by atoms with E-state index in [-0.39, 0.29) is 12.4 Å². The van der Waals surface area contributed by atoms with Crippen LogP contribution in [0.15, 0.2) is 36.4 Å². The third kappa shape index (κ3) is 5.16. The molecule has 144 valence electrons. The summed E-state index contributed by atoms with van der Waals surface area (Å²) in [5.41, 5.74) is 0.754. The van der Waals surface area contributed by atoms with Gasteiger partial charge in [0.25, 0.3) is 0 Å². The Kier molecular flexibility index (Phi) is 7.10. The second-order valence-corrected chi connectivity index (χ2v) is 5.80. The molecule has 1 heterocycles. The van der Waals surface area contributed by atoms with E-state index in [1.54, 1.807) is 20.0 Å². The Labute approximate surface area is 159 Å². The third-order valence-corrected chi connectivity index (χ3v) is 3.90. The van der Waals surface area contributed by atoms with E-state index >= 15 is 0 Å². The summed E-state index contributed by atoms with van der Waals surface area (Å²) < 4.78 is 5.71. The highest BCUT2D eigenvalue weighted by molar-refractivity contribution is 5.91. The number of hydrogen-bond acceptors (Lipinski definition) is 8. The van der Waals surface area contributed by atoms with Gasteiger partial charge in [0, 0.05) is 27.7 Å². The van der Waals surface area contributed by atoms with E-state index in [0.717, 1.165) is 12.2 Å². The minimum atomic E-state index is -0.0977. The molecule has 8 heteroatoms. The number of rotatable bonds is 9. The fraction of sp³-hybridized carbons (Fsp3) is 0.368. The first kappa shape index (κ1) is 20.2. The first-order valence-corrected chi connectivity index (χ1v) is 8.76. The number of allylic oxidation sites excluding steroid dienone is 1. The smallest absolute Gasteiger partial charge is 0.236 e. The van der Waals surface area contributed by atoms with Crippen molar-refractivity contribution in [2.45, 2.75) is 13.8 Å². The Bertz CT molecular complexity index is 809. The maximum absolute atomic E-state index is 11.7. The third-order valence-electron chi connectivity index (χ3n) is 3.90. The van der Waals surface area contributed by atoms with Crippen molar-refractivity contribution in [1.29, 1.82) is 0 Å². The topological polar surface area (TPSA) is 83.5 Å². The Morgan fingerprint density at radius 2 is 1.89 bits per heavy atom. The van der Waals surface area contributed by atoms with Crippen molar-refractivity contribution in [2.75, 3.05) is 49.4 Å². The van der Waals surface area contributed by atoms with E-state index in [2.05, 4.69) is 20.3 Å². The van der Waals surface area contributed by atoms with Crippen molar-refractivity contribution < 1.29 is 9.53 Å². The van der Waals surface area contributed by atoms with Gasteiger partial charge in [0.15, 0.2) is 12.4 Å². The first-order chi connectivity index (χ1) is 13.0. The molecule has 0 bridgehead atoms. The van der Waals surface area contributed by atoms with E-state index in [0.29, 0.717) is 23.6 Å². The molecule has 2 rings (SSSR count). The lowest BCUT2D eigenvalue weighted by atomic mass is 10.2. The minimum Gasteiger partial charge on any atom is -0.483 e. The second-order valence-electron chi connectivity index (χ2n) is 5.80. The van der Waals surface area contributed by atoms with Crippen LogP contribution in [0, 0.1) is 0 Å². The highest BCUT2D eigenvalue weighted by atomic mass is 16.5. The van der Waals surface area contributed by atoms with E-state index in [9.17, 15) is 4.79 Å². The SMILES string of the molecule is C/C=C\C(=O)COc1ccccc1N(C)c1nc(NC)nc(N(C)CC)n1. The minimum absolute atomic E-state index is 0.0298. The van der Waals surface area contributed by atoms with Crippen LogP contribution in [0.5, 0.6) is 5.75 Å². The summed E-state index contributed by atoms with van der Waals surface area (Å²) in [5, 5.41) is 2.96. The first-order valence-electron chi connectivity index (χ1n) is 8.76. The summed E-state index contributed by atoms with van der Waals surface area (Å²) in [6, 6.07) is 7.46. The number of nitrogens with zero attached hydrogens (tertiary/aromatic N) is 5. The van der Waals surface area contributed by atoms with Gasteiger partial charge in [0.1, 0.15) is 5.75 Å². The van der Waals surface area contributed by atoms with Crippen molar-refractivity contribution in [3.63, 3.8) is 0 Å². The van der Waals surface area contributed by atoms with Crippen LogP contribution in [0.2, 0.25) is 0 Å². The zero-order valence-corrected chi connectivity index (χ0v) is 16.4. The molecule has 1 N–H and O–H groups in total. The normalized spacial score (nSPS) is 10.7. The molecular formula is C19H26N6O2. The largest absolute Gasteiger partial charge is 0.483 e. The van der Waals surface area contributed by atoms with E-state index < -0.39 is 0 Å². The number of carbonyl (C=O) groups excluding carboxylic acids is 1. The number of para-hydroxylation sites is 2. The number of carbonyl (C=O) groups is 1. The Morgan fingerprint density at radius 3 is 2.56 bits per heavy atom. The Balaban J connectivity index is 2.34. The van der Waals surface area contributed by atoms with Gasteiger partial charge in [-0.3, -0.25) is 4.79 Å². The lowest BCUT2D eigenvalue weighted by molar-refractivity contribution is -0.116. The molecule has 0 aliphatic rings. The summed E-state index contributed by atoms with van der Waals surface area (Å²) in [4.78, 5) is 28.8. The van der Waals surface area contributed by atoms with Gasteiger partial charge in [-0.25, -0.2) is 0 Å². The number of ether oxygens (including phenoxy) is 1. The van der Waals surface area contributed by atoms with Gasteiger partial charge in [-0.15, -0.1) is 0 Å². The van der Waals surface area contributed by atoms with Gasteiger partial charge in [0.2, 0.25) is 17.8 Å². The van der Waals surface area contributed by atoms with Crippen LogP contribution in [0.1, 0.15) is 13.8 Å². The molecule has 0 radical (unpaired) electrons. The van der Waals surface area contributed by atoms with Gasteiger partial charge < -0.3 is 19.9 Å². The monoisotopic (exact) mass is 370 g/mol. The molecule has 0 fully saturated rings. The number of benzene rings is 1. The van der Waals surface area contributed by atoms with Crippen LogP contribution in [0.25, 0.3) is 0 Å². The Morgan fingerprint density at radius 1 is 1.19 bits per heavy atom. The van der Waals surface area contributed by atoms with E-state index in [1.165, 1.54) is 6.08 Å². The fourth-order valence-corrected chi connectivity index (χ4v) is 2.27. The number of ketones is 1. The van der Waals surface area contributed by atoms with Gasteiger partial charge in [-0.2, -0.15) is 15.0 Å². The van der Waals surface area contributed by atoms with Gasteiger partial charge in [-0.05, 0) is 32.1 Å².